The van der Waals surface area contributed by atoms with Gasteiger partial charge in [-0.3, -0.25) is 13.9 Å². The van der Waals surface area contributed by atoms with E-state index in [1.165, 1.54) is 37.4 Å². The number of aryl methyl sites for hydroxylation is 1. The van der Waals surface area contributed by atoms with Crippen molar-refractivity contribution in [2.45, 2.75) is 17.7 Å². The molecular formula is C23H19ClFN3O4S. The number of nitrogens with one attached hydrogen (secondary N) is 2. The van der Waals surface area contributed by atoms with Crippen LogP contribution in [0.25, 0.3) is 0 Å². The molecule has 0 saturated carbocycles. The molecular weight excluding hydrogens is 469 g/mol. The standard InChI is InChI=1S/C23H19ClFN3O4S/c1-28(17-6-3-15(25)4-7-17)33(31,32)18-8-9-20(24)19(13-18)23(30)26-16-5-10-21-14(12-16)2-11-22(29)27-21/h3-10,12-13H,2,11H2,1H3,(H,26,30)(H,27,29). The van der Waals surface area contributed by atoms with Gasteiger partial charge in [0.2, 0.25) is 5.91 Å². The third kappa shape index (κ3) is 4.69. The normalized spacial score (nSPS) is 13.1. The second kappa shape index (κ2) is 8.84. The molecule has 0 unspecified atom stereocenters. The Hall–Kier alpha value is -3.43. The highest BCUT2D eigenvalue weighted by atomic mass is 35.5. The molecule has 4 rings (SSSR count). The highest BCUT2D eigenvalue weighted by Crippen LogP contribution is 2.28. The molecule has 33 heavy (non-hydrogen) atoms. The lowest BCUT2D eigenvalue weighted by Crippen LogP contribution is -2.27. The van der Waals surface area contributed by atoms with Gasteiger partial charge in [-0.25, -0.2) is 12.8 Å². The Morgan fingerprint density at radius 3 is 2.52 bits per heavy atom. The maximum atomic E-state index is 13.2. The monoisotopic (exact) mass is 487 g/mol. The molecule has 0 saturated heterocycles. The van der Waals surface area contributed by atoms with Gasteiger partial charge < -0.3 is 10.6 Å². The van der Waals surface area contributed by atoms with Crippen LogP contribution in [0.5, 0.6) is 0 Å². The summed E-state index contributed by atoms with van der Waals surface area (Å²) in [5, 5.41) is 5.57. The first-order valence-electron chi connectivity index (χ1n) is 9.93. The van der Waals surface area contributed by atoms with Gasteiger partial charge in [-0.1, -0.05) is 11.6 Å². The van der Waals surface area contributed by atoms with Gasteiger partial charge in [0.05, 0.1) is 21.2 Å². The van der Waals surface area contributed by atoms with Gasteiger partial charge in [-0.2, -0.15) is 0 Å². The van der Waals surface area contributed by atoms with Gasteiger partial charge >= 0.3 is 0 Å². The van der Waals surface area contributed by atoms with Crippen LogP contribution in [0.4, 0.5) is 21.5 Å². The van der Waals surface area contributed by atoms with Gasteiger partial charge in [0.25, 0.3) is 15.9 Å². The molecule has 10 heteroatoms. The summed E-state index contributed by atoms with van der Waals surface area (Å²) in [6.07, 6.45) is 0.910. The van der Waals surface area contributed by atoms with Crippen LogP contribution in [0.3, 0.4) is 0 Å². The molecule has 1 heterocycles. The molecule has 1 aliphatic heterocycles. The summed E-state index contributed by atoms with van der Waals surface area (Å²) in [6.45, 7) is 0. The number of rotatable bonds is 5. The zero-order chi connectivity index (χ0) is 23.8. The first-order chi connectivity index (χ1) is 15.6. The molecule has 0 aromatic heterocycles. The average Bonchev–Trinajstić information content (AvgIpc) is 2.79. The number of amides is 2. The molecule has 3 aromatic rings. The fourth-order valence-corrected chi connectivity index (χ4v) is 4.87. The van der Waals surface area contributed by atoms with Gasteiger partial charge in [-0.05, 0) is 72.6 Å². The van der Waals surface area contributed by atoms with E-state index in [-0.39, 0.29) is 27.1 Å². The molecule has 0 spiro atoms. The van der Waals surface area contributed by atoms with Crippen molar-refractivity contribution < 1.29 is 22.4 Å². The second-order valence-corrected chi connectivity index (χ2v) is 9.84. The topological polar surface area (TPSA) is 95.6 Å². The lowest BCUT2D eigenvalue weighted by Gasteiger charge is -2.20. The van der Waals surface area contributed by atoms with E-state index in [1.54, 1.807) is 18.2 Å². The number of anilines is 3. The third-order valence-electron chi connectivity index (χ3n) is 5.29. The number of hydrogen-bond acceptors (Lipinski definition) is 4. The number of hydrogen-bond donors (Lipinski definition) is 2. The lowest BCUT2D eigenvalue weighted by molar-refractivity contribution is -0.116. The molecule has 0 fully saturated rings. The minimum absolute atomic E-state index is 0.0173. The van der Waals surface area contributed by atoms with Crippen LogP contribution in [0.1, 0.15) is 22.3 Å². The van der Waals surface area contributed by atoms with E-state index in [4.69, 9.17) is 11.6 Å². The summed E-state index contributed by atoms with van der Waals surface area (Å²) in [5.74, 6) is -1.13. The smallest absolute Gasteiger partial charge is 0.264 e. The van der Waals surface area contributed by atoms with Crippen molar-refractivity contribution in [3.63, 3.8) is 0 Å². The van der Waals surface area contributed by atoms with Crippen molar-refractivity contribution >= 4 is 50.5 Å². The number of nitrogens with zero attached hydrogens (tertiary/aromatic N) is 1. The highest BCUT2D eigenvalue weighted by molar-refractivity contribution is 7.92. The van der Waals surface area contributed by atoms with E-state index in [2.05, 4.69) is 10.6 Å². The summed E-state index contributed by atoms with van der Waals surface area (Å²) in [5.41, 5.74) is 2.31. The number of sulfonamides is 1. The molecule has 2 amide bonds. The molecule has 7 nitrogen and oxygen atoms in total. The van der Waals surface area contributed by atoms with Crippen LogP contribution in [0.2, 0.25) is 5.02 Å². The van der Waals surface area contributed by atoms with E-state index >= 15 is 0 Å². The Kier molecular flexibility index (Phi) is 6.09. The molecule has 0 bridgehead atoms. The fraction of sp³-hybridized carbons (Fsp3) is 0.130. The van der Waals surface area contributed by atoms with E-state index in [0.717, 1.165) is 22.0 Å². The summed E-state index contributed by atoms with van der Waals surface area (Å²) in [7, 11) is -2.70. The van der Waals surface area contributed by atoms with Crippen molar-refractivity contribution in [1.29, 1.82) is 0 Å². The van der Waals surface area contributed by atoms with E-state index in [0.29, 0.717) is 24.2 Å². The maximum Gasteiger partial charge on any atom is 0.264 e. The Morgan fingerprint density at radius 2 is 1.79 bits per heavy atom. The number of fused-ring (bicyclic) bond motifs is 1. The summed E-state index contributed by atoms with van der Waals surface area (Å²) in [6, 6.07) is 13.9. The minimum atomic E-state index is -4.04. The Labute approximate surface area is 195 Å². The fourth-order valence-electron chi connectivity index (χ4n) is 3.45. The predicted molar refractivity (Wildman–Crippen MR) is 125 cm³/mol. The second-order valence-electron chi connectivity index (χ2n) is 7.46. The van der Waals surface area contributed by atoms with E-state index < -0.39 is 21.7 Å². The largest absolute Gasteiger partial charge is 0.326 e. The van der Waals surface area contributed by atoms with Gasteiger partial charge in [-0.15, -0.1) is 0 Å². The predicted octanol–water partition coefficient (Wildman–Crippen LogP) is 4.44. The Bertz CT molecular complexity index is 1360. The Morgan fingerprint density at radius 1 is 1.06 bits per heavy atom. The van der Waals surface area contributed by atoms with E-state index in [9.17, 15) is 22.4 Å². The van der Waals surface area contributed by atoms with Crippen LogP contribution in [0.15, 0.2) is 65.6 Å². The SMILES string of the molecule is CN(c1ccc(F)cc1)S(=O)(=O)c1ccc(Cl)c(C(=O)Nc2ccc3c(c2)CCC(=O)N3)c1. The number of carbonyl (C=O) groups is 2. The molecule has 0 radical (unpaired) electrons. The summed E-state index contributed by atoms with van der Waals surface area (Å²) >= 11 is 6.19. The first kappa shape index (κ1) is 22.8. The van der Waals surface area contributed by atoms with Crippen molar-refractivity contribution in [1.82, 2.24) is 0 Å². The highest BCUT2D eigenvalue weighted by Gasteiger charge is 2.24. The number of carbonyl (C=O) groups excluding carboxylic acids is 2. The quantitative estimate of drug-likeness (QED) is 0.556. The molecule has 3 aromatic carbocycles. The molecule has 0 atom stereocenters. The Balaban J connectivity index is 1.60. The van der Waals surface area contributed by atoms with E-state index in [1.807, 2.05) is 0 Å². The van der Waals surface area contributed by atoms with Crippen molar-refractivity contribution in [2.75, 3.05) is 22.0 Å². The molecule has 1 aliphatic rings. The summed E-state index contributed by atoms with van der Waals surface area (Å²) < 4.78 is 40.3. The number of halogens is 2. The van der Waals surface area contributed by atoms with Crippen LogP contribution in [0, 0.1) is 5.82 Å². The number of benzene rings is 3. The maximum absolute atomic E-state index is 13.2. The molecule has 170 valence electrons. The van der Waals surface area contributed by atoms with Gasteiger partial charge in [0.15, 0.2) is 0 Å². The van der Waals surface area contributed by atoms with Gasteiger partial charge in [0, 0.05) is 24.8 Å². The third-order valence-corrected chi connectivity index (χ3v) is 7.40. The van der Waals surface area contributed by atoms with Crippen LogP contribution >= 0.6 is 11.6 Å². The molecule has 0 aliphatic carbocycles. The van der Waals surface area contributed by atoms with Crippen LogP contribution in [-0.2, 0) is 21.2 Å². The van der Waals surface area contributed by atoms with Crippen LogP contribution < -0.4 is 14.9 Å². The van der Waals surface area contributed by atoms with Gasteiger partial charge in [0.1, 0.15) is 5.82 Å². The first-order valence-corrected chi connectivity index (χ1v) is 11.7. The average molecular weight is 488 g/mol. The van der Waals surface area contributed by atoms with Crippen LogP contribution in [-0.4, -0.2) is 27.3 Å². The van der Waals surface area contributed by atoms with Crippen molar-refractivity contribution in [3.8, 4) is 0 Å². The zero-order valence-electron chi connectivity index (χ0n) is 17.4. The van der Waals surface area contributed by atoms with Crippen molar-refractivity contribution in [2.24, 2.45) is 0 Å². The van der Waals surface area contributed by atoms with Crippen molar-refractivity contribution in [3.05, 3.63) is 82.6 Å². The molecule has 2 N–H and O–H groups in total. The summed E-state index contributed by atoms with van der Waals surface area (Å²) in [4.78, 5) is 24.3. The zero-order valence-corrected chi connectivity index (χ0v) is 19.0. The minimum Gasteiger partial charge on any atom is -0.326 e. The lowest BCUT2D eigenvalue weighted by atomic mass is 10.0.